The molecular weight excluding hydrogens is 400 g/mol. The van der Waals surface area contributed by atoms with Crippen LogP contribution in [-0.2, 0) is 12.8 Å². The zero-order valence-electron chi connectivity index (χ0n) is 18.7. The molecule has 32 heavy (non-hydrogen) atoms. The molecule has 0 atom stereocenters. The maximum Gasteiger partial charge on any atom is 0.337 e. The van der Waals surface area contributed by atoms with Gasteiger partial charge in [0, 0.05) is 24.3 Å². The summed E-state index contributed by atoms with van der Waals surface area (Å²) in [5.41, 5.74) is 4.89. The number of rotatable bonds is 10. The van der Waals surface area contributed by atoms with Gasteiger partial charge in [0.2, 0.25) is 0 Å². The Bertz CT molecular complexity index is 1040. The van der Waals surface area contributed by atoms with E-state index in [4.69, 9.17) is 0 Å². The summed E-state index contributed by atoms with van der Waals surface area (Å²) in [4.78, 5) is 25.6. The first kappa shape index (κ1) is 23.1. The van der Waals surface area contributed by atoms with Gasteiger partial charge in [0.25, 0.3) is 5.91 Å². The molecule has 0 aliphatic heterocycles. The Morgan fingerprint density at radius 1 is 0.812 bits per heavy atom. The topological polar surface area (TPSA) is 69.6 Å². The number of aryl methyl sites for hydroxylation is 2. The molecule has 5 heteroatoms. The minimum atomic E-state index is -0.949. The predicted molar refractivity (Wildman–Crippen MR) is 129 cm³/mol. The molecule has 0 saturated carbocycles. The third-order valence-electron chi connectivity index (χ3n) is 5.57. The van der Waals surface area contributed by atoms with Crippen LogP contribution in [0, 0.1) is 0 Å². The molecule has 0 unspecified atom stereocenters. The van der Waals surface area contributed by atoms with E-state index in [1.807, 2.05) is 61.2 Å². The number of hydrogen-bond acceptors (Lipinski definition) is 3. The number of amides is 1. The molecule has 0 aromatic heterocycles. The van der Waals surface area contributed by atoms with Crippen LogP contribution in [0.4, 0.5) is 11.4 Å². The number of aromatic carboxylic acids is 1. The number of carbonyl (C=O) groups is 2. The number of carboxylic acid groups (broad SMARTS) is 1. The first-order valence-corrected chi connectivity index (χ1v) is 11.1. The molecular formula is C27H30N2O3. The van der Waals surface area contributed by atoms with E-state index in [1.165, 1.54) is 11.1 Å². The van der Waals surface area contributed by atoms with Crippen molar-refractivity contribution >= 4 is 23.3 Å². The van der Waals surface area contributed by atoms with Gasteiger partial charge in [-0.15, -0.1) is 0 Å². The molecule has 3 aromatic carbocycles. The largest absolute Gasteiger partial charge is 0.478 e. The summed E-state index contributed by atoms with van der Waals surface area (Å²) >= 11 is 0. The molecule has 0 aliphatic carbocycles. The molecule has 0 aliphatic rings. The molecule has 0 saturated heterocycles. The molecule has 166 valence electrons. The van der Waals surface area contributed by atoms with Gasteiger partial charge >= 0.3 is 5.97 Å². The van der Waals surface area contributed by atoms with Gasteiger partial charge in [-0.2, -0.15) is 0 Å². The smallest absolute Gasteiger partial charge is 0.337 e. The fourth-order valence-electron chi connectivity index (χ4n) is 3.69. The van der Waals surface area contributed by atoms with Crippen molar-refractivity contribution in [2.45, 2.75) is 33.1 Å². The van der Waals surface area contributed by atoms with Gasteiger partial charge in [-0.3, -0.25) is 4.79 Å². The van der Waals surface area contributed by atoms with Crippen molar-refractivity contribution in [1.82, 2.24) is 4.90 Å². The lowest BCUT2D eigenvalue weighted by molar-refractivity contribution is 0.0697. The third kappa shape index (κ3) is 5.97. The highest BCUT2D eigenvalue weighted by atomic mass is 16.4. The highest BCUT2D eigenvalue weighted by Gasteiger charge is 2.12. The maximum absolute atomic E-state index is 12.4. The van der Waals surface area contributed by atoms with E-state index in [0.717, 1.165) is 43.6 Å². The standard InChI is InChI=1S/C27H30N2O3/c1-3-29(4-2)26(30)22-16-12-20(13-17-22)8-7-9-21-14-18-23(19-15-21)28-25-11-6-5-10-24(25)27(31)32/h5-6,10-19,28H,3-4,7-9H2,1-2H3,(H,31,32). The molecule has 0 heterocycles. The van der Waals surface area contributed by atoms with Crippen LogP contribution in [0.1, 0.15) is 52.1 Å². The van der Waals surface area contributed by atoms with Gasteiger partial charge in [-0.25, -0.2) is 4.79 Å². The Labute approximate surface area is 189 Å². The summed E-state index contributed by atoms with van der Waals surface area (Å²) in [5, 5.41) is 12.5. The van der Waals surface area contributed by atoms with Crippen molar-refractivity contribution in [3.63, 3.8) is 0 Å². The first-order valence-electron chi connectivity index (χ1n) is 11.1. The van der Waals surface area contributed by atoms with E-state index in [9.17, 15) is 14.7 Å². The van der Waals surface area contributed by atoms with Gasteiger partial charge in [0.1, 0.15) is 0 Å². The van der Waals surface area contributed by atoms with Crippen LogP contribution >= 0.6 is 0 Å². The van der Waals surface area contributed by atoms with Crippen LogP contribution in [0.15, 0.2) is 72.8 Å². The van der Waals surface area contributed by atoms with E-state index in [-0.39, 0.29) is 11.5 Å². The Hall–Kier alpha value is -3.60. The Morgan fingerprint density at radius 2 is 1.38 bits per heavy atom. The van der Waals surface area contributed by atoms with Gasteiger partial charge < -0.3 is 15.3 Å². The third-order valence-corrected chi connectivity index (χ3v) is 5.57. The minimum Gasteiger partial charge on any atom is -0.478 e. The number of hydrogen-bond donors (Lipinski definition) is 2. The zero-order valence-corrected chi connectivity index (χ0v) is 18.7. The number of anilines is 2. The molecule has 1 amide bonds. The molecule has 0 bridgehead atoms. The fraction of sp³-hybridized carbons (Fsp3) is 0.259. The SMILES string of the molecule is CCN(CC)C(=O)c1ccc(CCCc2ccc(Nc3ccccc3C(=O)O)cc2)cc1. The predicted octanol–water partition coefficient (Wildman–Crippen LogP) is 5.79. The number of carboxylic acids is 1. The lowest BCUT2D eigenvalue weighted by Crippen LogP contribution is -2.30. The molecule has 3 rings (SSSR count). The summed E-state index contributed by atoms with van der Waals surface area (Å²) in [6.07, 6.45) is 2.91. The summed E-state index contributed by atoms with van der Waals surface area (Å²) in [6.45, 7) is 5.43. The van der Waals surface area contributed by atoms with E-state index in [0.29, 0.717) is 5.69 Å². The van der Waals surface area contributed by atoms with Crippen LogP contribution in [0.3, 0.4) is 0 Å². The van der Waals surface area contributed by atoms with Gasteiger partial charge in [0.15, 0.2) is 0 Å². The van der Waals surface area contributed by atoms with E-state index in [1.54, 1.807) is 18.2 Å². The van der Waals surface area contributed by atoms with Crippen molar-refractivity contribution in [2.75, 3.05) is 18.4 Å². The van der Waals surface area contributed by atoms with Crippen LogP contribution in [0.5, 0.6) is 0 Å². The van der Waals surface area contributed by atoms with Crippen molar-refractivity contribution < 1.29 is 14.7 Å². The second-order valence-corrected chi connectivity index (χ2v) is 7.70. The molecule has 0 fully saturated rings. The molecule has 3 aromatic rings. The monoisotopic (exact) mass is 430 g/mol. The molecule has 0 spiro atoms. The Kier molecular flexibility index (Phi) is 8.03. The average Bonchev–Trinajstić information content (AvgIpc) is 2.81. The van der Waals surface area contributed by atoms with E-state index in [2.05, 4.69) is 17.4 Å². The summed E-state index contributed by atoms with van der Waals surface area (Å²) in [5.74, 6) is -0.864. The average molecular weight is 431 g/mol. The number of carbonyl (C=O) groups excluding carboxylic acids is 1. The van der Waals surface area contributed by atoms with E-state index >= 15 is 0 Å². The number of nitrogens with one attached hydrogen (secondary N) is 1. The van der Waals surface area contributed by atoms with Crippen LogP contribution in [0.25, 0.3) is 0 Å². The Balaban J connectivity index is 1.52. The molecule has 2 N–H and O–H groups in total. The summed E-state index contributed by atoms with van der Waals surface area (Å²) in [7, 11) is 0. The van der Waals surface area contributed by atoms with Crippen LogP contribution in [-0.4, -0.2) is 35.0 Å². The highest BCUT2D eigenvalue weighted by Crippen LogP contribution is 2.22. The number of nitrogens with zero attached hydrogens (tertiary/aromatic N) is 1. The van der Waals surface area contributed by atoms with Gasteiger partial charge in [-0.1, -0.05) is 36.4 Å². The van der Waals surface area contributed by atoms with Crippen LogP contribution in [0.2, 0.25) is 0 Å². The Morgan fingerprint density at radius 3 is 1.94 bits per heavy atom. The molecule has 5 nitrogen and oxygen atoms in total. The van der Waals surface area contributed by atoms with Crippen molar-refractivity contribution in [2.24, 2.45) is 0 Å². The van der Waals surface area contributed by atoms with Crippen molar-refractivity contribution in [1.29, 1.82) is 0 Å². The number of para-hydroxylation sites is 1. The van der Waals surface area contributed by atoms with Crippen LogP contribution < -0.4 is 5.32 Å². The normalized spacial score (nSPS) is 10.6. The minimum absolute atomic E-state index is 0.0845. The summed E-state index contributed by atoms with van der Waals surface area (Å²) in [6, 6.07) is 22.9. The zero-order chi connectivity index (χ0) is 22.9. The first-order chi connectivity index (χ1) is 15.5. The fourth-order valence-corrected chi connectivity index (χ4v) is 3.69. The highest BCUT2D eigenvalue weighted by molar-refractivity contribution is 5.95. The van der Waals surface area contributed by atoms with Gasteiger partial charge in [0.05, 0.1) is 11.3 Å². The van der Waals surface area contributed by atoms with Crippen molar-refractivity contribution in [3.8, 4) is 0 Å². The van der Waals surface area contributed by atoms with Gasteiger partial charge in [-0.05, 0) is 80.6 Å². The van der Waals surface area contributed by atoms with E-state index < -0.39 is 5.97 Å². The summed E-state index contributed by atoms with van der Waals surface area (Å²) < 4.78 is 0. The molecule has 0 radical (unpaired) electrons. The second kappa shape index (κ2) is 11.1. The number of benzene rings is 3. The lowest BCUT2D eigenvalue weighted by Gasteiger charge is -2.18. The van der Waals surface area contributed by atoms with Crippen molar-refractivity contribution in [3.05, 3.63) is 95.1 Å². The maximum atomic E-state index is 12.4. The lowest BCUT2D eigenvalue weighted by atomic mass is 10.0. The quantitative estimate of drug-likeness (QED) is 0.427. The second-order valence-electron chi connectivity index (χ2n) is 7.70.